The van der Waals surface area contributed by atoms with Crippen LogP contribution in [0.5, 0.6) is 0 Å². The Balaban J connectivity index is 2.04. The molecule has 2 atom stereocenters. The van der Waals surface area contributed by atoms with Crippen molar-refractivity contribution >= 4 is 11.8 Å². The van der Waals surface area contributed by atoms with Crippen molar-refractivity contribution in [2.45, 2.75) is 24.4 Å². The van der Waals surface area contributed by atoms with E-state index in [-0.39, 0.29) is 5.91 Å². The minimum atomic E-state index is -0.870. The molecule has 0 aromatic rings. The number of nitrogens with one attached hydrogen (secondary N) is 1. The molecule has 2 rings (SSSR count). The summed E-state index contributed by atoms with van der Waals surface area (Å²) in [5.41, 5.74) is 4.62. The summed E-state index contributed by atoms with van der Waals surface area (Å²) in [6, 6.07) is -0.870. The van der Waals surface area contributed by atoms with E-state index < -0.39 is 24.1 Å². The van der Waals surface area contributed by atoms with Crippen molar-refractivity contribution in [1.29, 1.82) is 0 Å². The molecule has 0 aliphatic carbocycles. The van der Waals surface area contributed by atoms with Gasteiger partial charge in [-0.05, 0) is 19.4 Å². The first kappa shape index (κ1) is 10.4. The van der Waals surface area contributed by atoms with Gasteiger partial charge < -0.3 is 21.1 Å². The maximum absolute atomic E-state index is 11.8. The van der Waals surface area contributed by atoms with Crippen LogP contribution in [0.1, 0.15) is 12.8 Å². The van der Waals surface area contributed by atoms with Crippen LogP contribution in [0.15, 0.2) is 0 Å². The molecule has 0 saturated carbocycles. The largest absolute Gasteiger partial charge is 0.394 e. The molecule has 2 saturated heterocycles. The van der Waals surface area contributed by atoms with E-state index in [1.54, 1.807) is 0 Å². The highest BCUT2D eigenvalue weighted by Crippen LogP contribution is 2.32. The quantitative estimate of drug-likeness (QED) is 0.463. The van der Waals surface area contributed by atoms with Gasteiger partial charge in [-0.15, -0.1) is 0 Å². The molecule has 84 valence electrons. The zero-order valence-electron chi connectivity index (χ0n) is 8.40. The van der Waals surface area contributed by atoms with E-state index in [0.29, 0.717) is 6.54 Å². The monoisotopic (exact) mass is 213 g/mol. The number of aliphatic hydroxyl groups is 1. The molecule has 6 heteroatoms. The number of hydrogen-bond donors (Lipinski definition) is 3. The van der Waals surface area contributed by atoms with E-state index in [1.165, 1.54) is 4.90 Å². The number of nitrogens with zero attached hydrogens (tertiary/aromatic N) is 1. The number of nitrogens with two attached hydrogens (primary N) is 1. The van der Waals surface area contributed by atoms with Crippen LogP contribution in [-0.2, 0) is 9.59 Å². The van der Waals surface area contributed by atoms with Gasteiger partial charge in [0, 0.05) is 6.54 Å². The summed E-state index contributed by atoms with van der Waals surface area (Å²) < 4.78 is 0. The highest BCUT2D eigenvalue weighted by Gasteiger charge is 2.55. The van der Waals surface area contributed by atoms with Crippen molar-refractivity contribution < 1.29 is 14.7 Å². The molecule has 0 bridgehead atoms. The fourth-order valence-corrected chi connectivity index (χ4v) is 2.33. The van der Waals surface area contributed by atoms with Crippen molar-refractivity contribution in [3.8, 4) is 0 Å². The van der Waals surface area contributed by atoms with Gasteiger partial charge in [0.1, 0.15) is 11.6 Å². The molecule has 6 nitrogen and oxygen atoms in total. The summed E-state index contributed by atoms with van der Waals surface area (Å²) in [4.78, 5) is 24.1. The molecule has 2 aliphatic rings. The molecule has 2 heterocycles. The lowest BCUT2D eigenvalue weighted by Crippen LogP contribution is -2.75. The molecule has 2 fully saturated rings. The van der Waals surface area contributed by atoms with Gasteiger partial charge in [0.05, 0.1) is 6.61 Å². The summed E-state index contributed by atoms with van der Waals surface area (Å²) in [7, 11) is 0. The average Bonchev–Trinajstić information content (AvgIpc) is 2.68. The third kappa shape index (κ3) is 1.40. The molecular weight excluding hydrogens is 198 g/mol. The molecule has 2 amide bonds. The zero-order chi connectivity index (χ0) is 11.1. The van der Waals surface area contributed by atoms with E-state index >= 15 is 0 Å². The molecule has 0 radical (unpaired) electrons. The van der Waals surface area contributed by atoms with E-state index in [4.69, 9.17) is 10.8 Å². The number of aliphatic hydroxyl groups excluding tert-OH is 1. The summed E-state index contributed by atoms with van der Waals surface area (Å²) in [6.07, 6.45) is 1.78. The van der Waals surface area contributed by atoms with Crippen LogP contribution in [-0.4, -0.2) is 53.1 Å². The molecule has 2 aliphatic heterocycles. The molecule has 4 N–H and O–H groups in total. The van der Waals surface area contributed by atoms with E-state index in [1.807, 2.05) is 0 Å². The fraction of sp³-hybridized carbons (Fsp3) is 0.778. The number of primary amides is 1. The molecule has 1 spiro atoms. The highest BCUT2D eigenvalue weighted by molar-refractivity contribution is 5.97. The van der Waals surface area contributed by atoms with Crippen molar-refractivity contribution in [2.24, 2.45) is 5.73 Å². The smallest absolute Gasteiger partial charge is 0.245 e. The van der Waals surface area contributed by atoms with Crippen LogP contribution >= 0.6 is 0 Å². The lowest BCUT2D eigenvalue weighted by Gasteiger charge is -2.49. The Morgan fingerprint density at radius 2 is 2.47 bits per heavy atom. The normalized spacial score (nSPS) is 31.8. The van der Waals surface area contributed by atoms with Crippen molar-refractivity contribution in [3.63, 3.8) is 0 Å². The van der Waals surface area contributed by atoms with Gasteiger partial charge in [-0.2, -0.15) is 0 Å². The fourth-order valence-electron chi connectivity index (χ4n) is 2.33. The van der Waals surface area contributed by atoms with Crippen LogP contribution in [0.2, 0.25) is 0 Å². The van der Waals surface area contributed by atoms with E-state index in [9.17, 15) is 9.59 Å². The minimum absolute atomic E-state index is 0.113. The third-order valence-corrected chi connectivity index (χ3v) is 3.23. The Morgan fingerprint density at radius 3 is 2.87 bits per heavy atom. The number of likely N-dealkylation sites (tertiary alicyclic amines) is 1. The topological polar surface area (TPSA) is 95.7 Å². The molecule has 0 aromatic heterocycles. The van der Waals surface area contributed by atoms with Crippen molar-refractivity contribution in [3.05, 3.63) is 0 Å². The number of hydrogen-bond acceptors (Lipinski definition) is 4. The van der Waals surface area contributed by atoms with Gasteiger partial charge in [0.15, 0.2) is 0 Å². The Kier molecular flexibility index (Phi) is 2.40. The van der Waals surface area contributed by atoms with Gasteiger partial charge >= 0.3 is 0 Å². The predicted octanol–water partition coefficient (Wildman–Crippen LogP) is -2.20. The second kappa shape index (κ2) is 3.46. The first-order valence-corrected chi connectivity index (χ1v) is 5.07. The van der Waals surface area contributed by atoms with E-state index in [0.717, 1.165) is 19.4 Å². The maximum Gasteiger partial charge on any atom is 0.245 e. The Hall–Kier alpha value is -1.14. The number of β-lactam (4-membered cyclic amide) rings is 1. The van der Waals surface area contributed by atoms with Gasteiger partial charge in [-0.1, -0.05) is 0 Å². The molecule has 15 heavy (non-hydrogen) atoms. The number of amides is 2. The number of carbonyl (C=O) groups is 2. The molecule has 1 unspecified atom stereocenters. The van der Waals surface area contributed by atoms with Crippen LogP contribution < -0.4 is 11.1 Å². The van der Waals surface area contributed by atoms with Crippen LogP contribution in [0.3, 0.4) is 0 Å². The first-order chi connectivity index (χ1) is 7.10. The Labute approximate surface area is 87.4 Å². The van der Waals surface area contributed by atoms with Gasteiger partial charge in [0.2, 0.25) is 11.8 Å². The summed E-state index contributed by atoms with van der Waals surface area (Å²) in [6.45, 7) is 0.900. The van der Waals surface area contributed by atoms with Crippen LogP contribution in [0, 0.1) is 0 Å². The first-order valence-electron chi connectivity index (χ1n) is 5.07. The molecular formula is C9H15N3O3. The number of rotatable bonds is 3. The van der Waals surface area contributed by atoms with E-state index in [2.05, 4.69) is 5.32 Å². The zero-order valence-corrected chi connectivity index (χ0v) is 8.40. The summed E-state index contributed by atoms with van der Waals surface area (Å²) in [5.74, 6) is -0.767. The minimum Gasteiger partial charge on any atom is -0.394 e. The number of carbonyl (C=O) groups excluding carboxylic acids is 2. The summed E-state index contributed by atoms with van der Waals surface area (Å²) in [5, 5.41) is 12.1. The lowest BCUT2D eigenvalue weighted by atomic mass is 9.85. The highest BCUT2D eigenvalue weighted by atomic mass is 16.3. The van der Waals surface area contributed by atoms with Crippen molar-refractivity contribution in [2.75, 3.05) is 19.7 Å². The van der Waals surface area contributed by atoms with Crippen LogP contribution in [0.4, 0.5) is 0 Å². The van der Waals surface area contributed by atoms with Crippen molar-refractivity contribution in [1.82, 2.24) is 10.2 Å². The third-order valence-electron chi connectivity index (χ3n) is 3.23. The second-order valence-corrected chi connectivity index (χ2v) is 4.15. The SMILES string of the molecule is NC(=O)[C@H](CO)N1CC2(CCCN2)C1=O. The standard InChI is InChI=1S/C9H15N3O3/c10-7(14)6(4-13)12-5-9(8(12)15)2-1-3-11-9/h6,11,13H,1-5H2,(H2,10,14)/t6-,9?/m0/s1. The van der Waals surface area contributed by atoms with Gasteiger partial charge in [0.25, 0.3) is 0 Å². The van der Waals surface area contributed by atoms with Gasteiger partial charge in [-0.3, -0.25) is 9.59 Å². The summed E-state index contributed by atoms with van der Waals surface area (Å²) >= 11 is 0. The second-order valence-electron chi connectivity index (χ2n) is 4.15. The average molecular weight is 213 g/mol. The van der Waals surface area contributed by atoms with Crippen LogP contribution in [0.25, 0.3) is 0 Å². The Bertz CT molecular complexity index is 299. The maximum atomic E-state index is 11.8. The van der Waals surface area contributed by atoms with Gasteiger partial charge in [-0.25, -0.2) is 0 Å². The predicted molar refractivity (Wildman–Crippen MR) is 51.7 cm³/mol. The lowest BCUT2D eigenvalue weighted by molar-refractivity contribution is -0.160. The Morgan fingerprint density at radius 1 is 1.73 bits per heavy atom. The molecule has 0 aromatic carbocycles.